The summed E-state index contributed by atoms with van der Waals surface area (Å²) >= 11 is 1.36. The summed E-state index contributed by atoms with van der Waals surface area (Å²) in [6, 6.07) is 44.9. The van der Waals surface area contributed by atoms with Crippen molar-refractivity contribution < 1.29 is 23.3 Å². The van der Waals surface area contributed by atoms with Gasteiger partial charge in [0.15, 0.2) is 0 Å². The Bertz CT molecular complexity index is 1810. The molecule has 0 saturated heterocycles. The van der Waals surface area contributed by atoms with Crippen LogP contribution in [0.5, 0.6) is 0 Å². The van der Waals surface area contributed by atoms with Crippen molar-refractivity contribution in [2.24, 2.45) is 10.8 Å². The normalized spacial score (nSPS) is 15.7. The summed E-state index contributed by atoms with van der Waals surface area (Å²) in [5, 5.41) is 5.64. The molecule has 2 radical (unpaired) electrons. The first-order valence-electron chi connectivity index (χ1n) is 20.3. The van der Waals surface area contributed by atoms with E-state index in [4.69, 9.17) is 0 Å². The topological polar surface area (TPSA) is 0 Å². The van der Waals surface area contributed by atoms with Gasteiger partial charge in [-0.15, -0.1) is 93.9 Å². The minimum absolute atomic E-state index is 0. The van der Waals surface area contributed by atoms with E-state index in [-0.39, 0.29) is 39.7 Å². The van der Waals surface area contributed by atoms with Crippen molar-refractivity contribution in [3.8, 4) is 22.3 Å². The zero-order valence-electron chi connectivity index (χ0n) is 34.7. The van der Waals surface area contributed by atoms with Crippen LogP contribution in [-0.2, 0) is 36.2 Å². The third-order valence-electron chi connectivity index (χ3n) is 12.8. The molecular formula is C52H66Cl2SiZr-4. The van der Waals surface area contributed by atoms with Crippen molar-refractivity contribution in [3.63, 3.8) is 0 Å². The maximum atomic E-state index is 3.06. The van der Waals surface area contributed by atoms with Gasteiger partial charge in [-0.3, -0.25) is 0 Å². The third-order valence-corrected chi connectivity index (χ3v) is 12.8. The Hall–Kier alpha value is -2.22. The van der Waals surface area contributed by atoms with Gasteiger partial charge in [-0.25, -0.2) is 0 Å². The molecule has 0 bridgehead atoms. The van der Waals surface area contributed by atoms with Crippen molar-refractivity contribution in [2.75, 3.05) is 0 Å². The zero-order valence-corrected chi connectivity index (χ0v) is 39.8. The van der Waals surface area contributed by atoms with E-state index in [1.165, 1.54) is 170 Å². The van der Waals surface area contributed by atoms with Crippen LogP contribution in [0.3, 0.4) is 0 Å². The van der Waals surface area contributed by atoms with E-state index < -0.39 is 0 Å². The van der Waals surface area contributed by atoms with E-state index in [0.717, 1.165) is 0 Å². The molecule has 0 heterocycles. The van der Waals surface area contributed by atoms with Gasteiger partial charge >= 0.3 is 30.2 Å². The van der Waals surface area contributed by atoms with Crippen molar-refractivity contribution in [2.45, 2.75) is 117 Å². The standard InChI is InChI=1S/2C25H29.2CH3.2ClH.Si.Zr/c2*1-2-25(15-8-3-4-9-16-25)19-20-17-22-13-10-14-23(24(22)18-20)21-11-6-5-7-12-21;;;;;;/h2*5-7,10-14,17-18H,2-4,8-9,15-16,19H2,1H3;2*1H3;2*1H;;/q4*-1;;;;. The molecule has 2 saturated carbocycles. The quantitative estimate of drug-likeness (QED) is 0.0812. The Labute approximate surface area is 370 Å². The first kappa shape index (κ1) is 49.9. The number of hydrogen-bond acceptors (Lipinski definition) is 0. The molecule has 0 aliphatic heterocycles. The number of halogens is 2. The molecule has 6 aromatic rings. The van der Waals surface area contributed by atoms with Gasteiger partial charge in [0.2, 0.25) is 0 Å². The molecule has 6 aromatic carbocycles. The van der Waals surface area contributed by atoms with Crippen molar-refractivity contribution in [3.05, 3.63) is 147 Å². The number of fused-ring (bicyclic) bond motifs is 2. The molecular weight excluding hydrogens is 815 g/mol. The zero-order chi connectivity index (χ0) is 36.2. The van der Waals surface area contributed by atoms with Crippen LogP contribution in [0.2, 0.25) is 0 Å². The Balaban J connectivity index is 0.000000347. The molecule has 2 aliphatic rings. The monoisotopic (exact) mass is 878 g/mol. The summed E-state index contributed by atoms with van der Waals surface area (Å²) in [6.45, 7) is 7.87. The Kier molecular flexibility index (Phi) is 22.0. The van der Waals surface area contributed by atoms with Gasteiger partial charge in [-0.1, -0.05) is 162 Å². The fourth-order valence-corrected chi connectivity index (χ4v) is 9.67. The van der Waals surface area contributed by atoms with Crippen LogP contribution < -0.4 is 0 Å². The Morgan fingerprint density at radius 1 is 0.482 bits per heavy atom. The maximum absolute atomic E-state index is 3.06. The summed E-state index contributed by atoms with van der Waals surface area (Å²) in [5.74, 6) is 0. The van der Waals surface area contributed by atoms with Gasteiger partial charge < -0.3 is 14.9 Å². The van der Waals surface area contributed by atoms with Crippen LogP contribution in [0.15, 0.2) is 121 Å². The molecule has 300 valence electrons. The summed E-state index contributed by atoms with van der Waals surface area (Å²) in [4.78, 5) is 0. The third kappa shape index (κ3) is 12.4. The molecule has 0 N–H and O–H groups in total. The number of rotatable bonds is 8. The first-order chi connectivity index (χ1) is 25.6. The van der Waals surface area contributed by atoms with Gasteiger partial charge in [0.1, 0.15) is 0 Å². The van der Waals surface area contributed by atoms with Crippen LogP contribution in [-0.4, -0.2) is 6.88 Å². The molecule has 0 unspecified atom stereocenters. The van der Waals surface area contributed by atoms with Gasteiger partial charge in [-0.05, 0) is 60.5 Å². The van der Waals surface area contributed by atoms with Crippen LogP contribution >= 0.6 is 24.8 Å². The van der Waals surface area contributed by atoms with Crippen LogP contribution in [0.4, 0.5) is 0 Å². The second kappa shape index (κ2) is 24.6. The molecule has 0 nitrogen and oxygen atoms in total. The summed E-state index contributed by atoms with van der Waals surface area (Å²) in [6.07, 6.45) is 22.2. The van der Waals surface area contributed by atoms with Gasteiger partial charge in [0, 0.05) is 0 Å². The van der Waals surface area contributed by atoms with Crippen molar-refractivity contribution >= 4 is 53.2 Å². The van der Waals surface area contributed by atoms with E-state index in [9.17, 15) is 0 Å². The molecule has 56 heavy (non-hydrogen) atoms. The van der Waals surface area contributed by atoms with Gasteiger partial charge in [0.25, 0.3) is 0 Å². The summed E-state index contributed by atoms with van der Waals surface area (Å²) < 4.78 is 0. The number of benzene rings is 4. The fraction of sp³-hybridized carbons (Fsp3) is 0.385. The van der Waals surface area contributed by atoms with E-state index >= 15 is 0 Å². The van der Waals surface area contributed by atoms with E-state index in [2.05, 4.69) is 142 Å². The molecule has 4 heteroatoms. The van der Waals surface area contributed by atoms with Crippen LogP contribution in [0.1, 0.15) is 115 Å². The molecule has 2 aliphatic carbocycles. The van der Waals surface area contributed by atoms with Gasteiger partial charge in [0.05, 0.1) is 0 Å². The molecule has 0 atom stereocenters. The molecule has 0 spiro atoms. The first-order valence-corrected chi connectivity index (χ1v) is 24.5. The predicted molar refractivity (Wildman–Crippen MR) is 251 cm³/mol. The van der Waals surface area contributed by atoms with E-state index in [0.29, 0.717) is 10.8 Å². The van der Waals surface area contributed by atoms with Gasteiger partial charge in [-0.2, -0.15) is 12.1 Å². The van der Waals surface area contributed by atoms with Crippen molar-refractivity contribution in [1.82, 2.24) is 0 Å². The predicted octanol–water partition coefficient (Wildman–Crippen LogP) is 16.4. The molecule has 0 aromatic heterocycles. The molecule has 0 amide bonds. The van der Waals surface area contributed by atoms with Crippen LogP contribution in [0, 0.1) is 25.7 Å². The van der Waals surface area contributed by atoms with E-state index in [1.807, 2.05) is 0 Å². The Morgan fingerprint density at radius 2 is 0.821 bits per heavy atom. The second-order valence-corrected chi connectivity index (χ2v) is 16.0. The Morgan fingerprint density at radius 3 is 1.14 bits per heavy atom. The van der Waals surface area contributed by atoms with Crippen molar-refractivity contribution in [1.29, 1.82) is 0 Å². The number of hydrogen-bond donors (Lipinski definition) is 0. The molecule has 2 fully saturated rings. The summed E-state index contributed by atoms with van der Waals surface area (Å²) in [7, 11) is 0. The summed E-state index contributed by atoms with van der Waals surface area (Å²) in [5.41, 5.74) is 9.55. The molecule has 8 rings (SSSR count). The van der Waals surface area contributed by atoms with E-state index in [1.54, 1.807) is 11.1 Å². The minimum atomic E-state index is 0. The average Bonchev–Trinajstić information content (AvgIpc) is 3.62. The van der Waals surface area contributed by atoms with Crippen LogP contribution in [0.25, 0.3) is 43.8 Å². The fourth-order valence-electron chi connectivity index (χ4n) is 9.67. The average molecular weight is 881 g/mol. The SMILES string of the molecule is CCC1(Cc2cc3c(-c4ccccc4)cccc3[cH-]2)CCCCCC1.CCC1(Cc2cc3c(-c4ccccc4)cccc3[cH-]2)CCCCCC1.Cl.Cl.[CH3-].[CH3-].[Si]=[Zr]. The second-order valence-electron chi connectivity index (χ2n) is 16.0.